The zero-order valence-corrected chi connectivity index (χ0v) is 16.5. The Balaban J connectivity index is 1.46. The summed E-state index contributed by atoms with van der Waals surface area (Å²) in [5.41, 5.74) is 0. The van der Waals surface area contributed by atoms with E-state index in [4.69, 9.17) is 4.74 Å². The van der Waals surface area contributed by atoms with Crippen molar-refractivity contribution in [1.29, 1.82) is 0 Å². The van der Waals surface area contributed by atoms with Gasteiger partial charge in [0.15, 0.2) is 5.96 Å². The lowest BCUT2D eigenvalue weighted by atomic mass is 10.2. The van der Waals surface area contributed by atoms with E-state index < -0.39 is 0 Å². The van der Waals surface area contributed by atoms with Gasteiger partial charge in [-0.25, -0.2) is 0 Å². The first-order valence-electron chi connectivity index (χ1n) is 10.4. The monoisotopic (exact) mass is 379 g/mol. The Labute approximate surface area is 161 Å². The zero-order valence-electron chi connectivity index (χ0n) is 16.5. The van der Waals surface area contributed by atoms with Crippen molar-refractivity contribution < 1.29 is 14.3 Å². The molecular weight excluding hydrogens is 346 g/mol. The van der Waals surface area contributed by atoms with Crippen LogP contribution in [0.2, 0.25) is 0 Å². The molecule has 3 heterocycles. The molecule has 3 aliphatic rings. The van der Waals surface area contributed by atoms with Crippen LogP contribution < -0.4 is 5.32 Å². The van der Waals surface area contributed by atoms with E-state index >= 15 is 0 Å². The van der Waals surface area contributed by atoms with Crippen molar-refractivity contribution in [3.63, 3.8) is 0 Å². The maximum atomic E-state index is 12.5. The summed E-state index contributed by atoms with van der Waals surface area (Å²) in [6.07, 6.45) is 4.28. The molecule has 0 aliphatic carbocycles. The largest absolute Gasteiger partial charge is 0.368 e. The van der Waals surface area contributed by atoms with Crippen molar-refractivity contribution in [2.24, 2.45) is 4.99 Å². The number of carbonyl (C=O) groups is 2. The second kappa shape index (κ2) is 9.92. The lowest BCUT2D eigenvalue weighted by Gasteiger charge is -2.37. The van der Waals surface area contributed by atoms with E-state index in [1.54, 1.807) is 0 Å². The molecule has 8 heteroatoms. The van der Waals surface area contributed by atoms with Gasteiger partial charge in [0.25, 0.3) is 5.91 Å². The quantitative estimate of drug-likeness (QED) is 0.549. The molecule has 0 aromatic rings. The molecular formula is C19H33N5O3. The lowest BCUT2D eigenvalue weighted by molar-refractivity contribution is -0.142. The van der Waals surface area contributed by atoms with Crippen LogP contribution in [0.4, 0.5) is 0 Å². The fourth-order valence-corrected chi connectivity index (χ4v) is 3.92. The standard InChI is InChI=1S/C19H33N5O3/c1-2-20-19(21-8-7-17(25)22-9-3-4-10-22)24-13-11-23(12-14-24)18(26)16-6-5-15-27-16/h16H,2-15H2,1H3,(H,20,21). The minimum Gasteiger partial charge on any atom is -0.368 e. The number of guanidine groups is 1. The summed E-state index contributed by atoms with van der Waals surface area (Å²) >= 11 is 0. The highest BCUT2D eigenvalue weighted by Gasteiger charge is 2.30. The summed E-state index contributed by atoms with van der Waals surface area (Å²) in [6.45, 7) is 8.71. The molecule has 152 valence electrons. The van der Waals surface area contributed by atoms with E-state index in [2.05, 4.69) is 15.2 Å². The van der Waals surface area contributed by atoms with Gasteiger partial charge >= 0.3 is 0 Å². The number of aliphatic imine (C=N–C) groups is 1. The van der Waals surface area contributed by atoms with E-state index in [1.165, 1.54) is 0 Å². The summed E-state index contributed by atoms with van der Waals surface area (Å²) < 4.78 is 5.52. The Hall–Kier alpha value is -1.83. The van der Waals surface area contributed by atoms with Crippen molar-refractivity contribution in [3.05, 3.63) is 0 Å². The number of hydrogen-bond acceptors (Lipinski definition) is 4. The van der Waals surface area contributed by atoms with Crippen LogP contribution in [-0.2, 0) is 14.3 Å². The second-order valence-electron chi connectivity index (χ2n) is 7.39. The third kappa shape index (κ3) is 5.34. The van der Waals surface area contributed by atoms with Crippen LogP contribution in [0, 0.1) is 0 Å². The molecule has 8 nitrogen and oxygen atoms in total. The van der Waals surface area contributed by atoms with Gasteiger partial charge < -0.3 is 24.8 Å². The number of piperazine rings is 1. The first-order valence-corrected chi connectivity index (χ1v) is 10.4. The molecule has 3 fully saturated rings. The van der Waals surface area contributed by atoms with Crippen LogP contribution in [0.1, 0.15) is 39.0 Å². The van der Waals surface area contributed by atoms with E-state index in [0.717, 1.165) is 64.4 Å². The van der Waals surface area contributed by atoms with E-state index in [-0.39, 0.29) is 17.9 Å². The molecule has 0 spiro atoms. The molecule has 1 unspecified atom stereocenters. The number of nitrogens with zero attached hydrogens (tertiary/aromatic N) is 4. The fourth-order valence-electron chi connectivity index (χ4n) is 3.92. The normalized spacial score (nSPS) is 23.8. The first kappa shape index (κ1) is 19.9. The van der Waals surface area contributed by atoms with Crippen molar-refractivity contribution in [3.8, 4) is 0 Å². The molecule has 3 aliphatic heterocycles. The van der Waals surface area contributed by atoms with Gasteiger partial charge in [0, 0.05) is 58.8 Å². The summed E-state index contributed by atoms with van der Waals surface area (Å²) in [6, 6.07) is 0. The molecule has 1 N–H and O–H groups in total. The van der Waals surface area contributed by atoms with Gasteiger partial charge in [-0.2, -0.15) is 0 Å². The highest BCUT2D eigenvalue weighted by molar-refractivity contribution is 5.83. The smallest absolute Gasteiger partial charge is 0.251 e. The predicted octanol–water partition coefficient (Wildman–Crippen LogP) is 0.288. The molecule has 27 heavy (non-hydrogen) atoms. The van der Waals surface area contributed by atoms with Gasteiger partial charge in [-0.1, -0.05) is 0 Å². The summed E-state index contributed by atoms with van der Waals surface area (Å²) in [5.74, 6) is 1.18. The number of nitrogens with one attached hydrogen (secondary N) is 1. The second-order valence-corrected chi connectivity index (χ2v) is 7.39. The number of hydrogen-bond donors (Lipinski definition) is 1. The van der Waals surface area contributed by atoms with Crippen molar-refractivity contribution in [2.75, 3.05) is 59.0 Å². The van der Waals surface area contributed by atoms with Crippen molar-refractivity contribution in [2.45, 2.75) is 45.1 Å². The van der Waals surface area contributed by atoms with Crippen LogP contribution >= 0.6 is 0 Å². The van der Waals surface area contributed by atoms with Crippen LogP contribution in [0.15, 0.2) is 4.99 Å². The van der Waals surface area contributed by atoms with E-state index in [1.807, 2.05) is 16.7 Å². The summed E-state index contributed by atoms with van der Waals surface area (Å²) in [4.78, 5) is 35.3. The number of ether oxygens (including phenoxy) is 1. The Bertz CT molecular complexity index is 533. The van der Waals surface area contributed by atoms with Crippen LogP contribution in [0.3, 0.4) is 0 Å². The van der Waals surface area contributed by atoms with Crippen LogP contribution in [0.5, 0.6) is 0 Å². The van der Waals surface area contributed by atoms with Crippen molar-refractivity contribution in [1.82, 2.24) is 20.0 Å². The Kier molecular flexibility index (Phi) is 7.32. The molecule has 0 aromatic heterocycles. The van der Waals surface area contributed by atoms with Gasteiger partial charge in [0.1, 0.15) is 6.10 Å². The van der Waals surface area contributed by atoms with Gasteiger partial charge in [-0.3, -0.25) is 14.6 Å². The average Bonchev–Trinajstić information content (AvgIpc) is 3.40. The molecule has 3 rings (SSSR count). The molecule has 2 amide bonds. The first-order chi connectivity index (χ1) is 13.2. The number of rotatable bonds is 5. The van der Waals surface area contributed by atoms with Crippen LogP contribution in [0.25, 0.3) is 0 Å². The van der Waals surface area contributed by atoms with Gasteiger partial charge in [-0.15, -0.1) is 0 Å². The third-order valence-electron chi connectivity index (χ3n) is 5.48. The number of amides is 2. The average molecular weight is 380 g/mol. The maximum absolute atomic E-state index is 12.5. The molecule has 0 bridgehead atoms. The molecule has 3 saturated heterocycles. The predicted molar refractivity (Wildman–Crippen MR) is 104 cm³/mol. The summed E-state index contributed by atoms with van der Waals surface area (Å²) in [5, 5.41) is 3.32. The molecule has 1 atom stereocenters. The Morgan fingerprint density at radius 3 is 2.33 bits per heavy atom. The Morgan fingerprint density at radius 2 is 1.70 bits per heavy atom. The maximum Gasteiger partial charge on any atom is 0.251 e. The highest BCUT2D eigenvalue weighted by Crippen LogP contribution is 2.16. The minimum atomic E-state index is -0.241. The third-order valence-corrected chi connectivity index (χ3v) is 5.48. The Morgan fingerprint density at radius 1 is 1.00 bits per heavy atom. The van der Waals surface area contributed by atoms with Gasteiger partial charge in [0.2, 0.25) is 5.91 Å². The van der Waals surface area contributed by atoms with Gasteiger partial charge in [0.05, 0.1) is 6.54 Å². The number of likely N-dealkylation sites (tertiary alicyclic amines) is 1. The lowest BCUT2D eigenvalue weighted by Crippen LogP contribution is -2.55. The van der Waals surface area contributed by atoms with E-state index in [0.29, 0.717) is 32.7 Å². The van der Waals surface area contributed by atoms with Gasteiger partial charge in [-0.05, 0) is 32.6 Å². The SMILES string of the molecule is CCNC(=NCCC(=O)N1CCCC1)N1CCN(C(=O)C2CCCO2)CC1. The summed E-state index contributed by atoms with van der Waals surface area (Å²) in [7, 11) is 0. The zero-order chi connectivity index (χ0) is 19.1. The number of carbonyl (C=O) groups excluding carboxylic acids is 2. The minimum absolute atomic E-state index is 0.130. The molecule has 0 saturated carbocycles. The highest BCUT2D eigenvalue weighted by atomic mass is 16.5. The molecule has 0 radical (unpaired) electrons. The van der Waals surface area contributed by atoms with Crippen molar-refractivity contribution >= 4 is 17.8 Å². The molecule has 0 aromatic carbocycles. The van der Waals surface area contributed by atoms with E-state index in [9.17, 15) is 9.59 Å². The topological polar surface area (TPSA) is 77.5 Å². The fraction of sp³-hybridized carbons (Fsp3) is 0.842. The van der Waals surface area contributed by atoms with Crippen LogP contribution in [-0.4, -0.2) is 97.5 Å².